The number of rotatable bonds is 9. The number of aliphatic hydroxyl groups is 1. The number of fused-ring (bicyclic) bond motifs is 1. The van der Waals surface area contributed by atoms with Crippen molar-refractivity contribution in [1.29, 1.82) is 0 Å². The first-order chi connectivity index (χ1) is 13.3. The van der Waals surface area contributed by atoms with Gasteiger partial charge in [0.25, 0.3) is 0 Å². The van der Waals surface area contributed by atoms with Gasteiger partial charge in [-0.25, -0.2) is 0 Å². The van der Waals surface area contributed by atoms with Crippen LogP contribution in [0.3, 0.4) is 0 Å². The summed E-state index contributed by atoms with van der Waals surface area (Å²) in [6.07, 6.45) is -3.00. The maximum absolute atomic E-state index is 12.3. The van der Waals surface area contributed by atoms with E-state index in [1.54, 1.807) is 11.0 Å². The number of ether oxygens (including phenoxy) is 1. The highest BCUT2D eigenvalue weighted by Gasteiger charge is 2.54. The summed E-state index contributed by atoms with van der Waals surface area (Å²) >= 11 is 0. The van der Waals surface area contributed by atoms with Crippen molar-refractivity contribution in [3.63, 3.8) is 0 Å². The van der Waals surface area contributed by atoms with Gasteiger partial charge in [0.15, 0.2) is 0 Å². The largest absolute Gasteiger partial charge is 0.573 e. The number of likely N-dealkylation sites (N-methyl/N-ethyl adjacent to an activating group) is 1. The molecule has 2 fully saturated rings. The molecular weight excluding hydrogens is 373 g/mol. The molecule has 1 N–H and O–H groups in total. The highest BCUT2D eigenvalue weighted by Crippen LogP contribution is 2.53. The van der Waals surface area contributed by atoms with Gasteiger partial charge in [0.2, 0.25) is 5.91 Å². The Labute approximate surface area is 163 Å². The fourth-order valence-electron chi connectivity index (χ4n) is 4.40. The molecular formula is C20H27F3N2O3. The first-order valence-electron chi connectivity index (χ1n) is 9.76. The van der Waals surface area contributed by atoms with Gasteiger partial charge in [-0.15, -0.1) is 13.2 Å². The summed E-state index contributed by atoms with van der Waals surface area (Å²) in [6, 6.07) is 6.18. The van der Waals surface area contributed by atoms with Gasteiger partial charge in [-0.05, 0) is 55.2 Å². The standard InChI is InChI=1S/C20H27F3N2O3/c1-2-25(8-9-26)19(27)13-24-11-17-16(18(17)12-24)7-6-14-4-3-5-15(10-14)28-20(21,22)23/h3-5,10,16-18,26H,2,6-9,11-13H2,1H3. The zero-order valence-corrected chi connectivity index (χ0v) is 16.0. The average Bonchev–Trinajstić information content (AvgIpc) is 3.07. The average molecular weight is 400 g/mol. The number of hydrogen-bond donors (Lipinski definition) is 1. The fourth-order valence-corrected chi connectivity index (χ4v) is 4.40. The minimum atomic E-state index is -4.67. The second-order valence-electron chi connectivity index (χ2n) is 7.62. The van der Waals surface area contributed by atoms with Crippen LogP contribution in [0.5, 0.6) is 5.75 Å². The minimum Gasteiger partial charge on any atom is -0.406 e. The first kappa shape index (κ1) is 20.9. The van der Waals surface area contributed by atoms with Crippen molar-refractivity contribution >= 4 is 5.91 Å². The predicted molar refractivity (Wildman–Crippen MR) is 97.7 cm³/mol. The van der Waals surface area contributed by atoms with E-state index in [0.717, 1.165) is 31.5 Å². The van der Waals surface area contributed by atoms with Crippen LogP contribution in [0.4, 0.5) is 13.2 Å². The molecule has 1 saturated heterocycles. The van der Waals surface area contributed by atoms with Gasteiger partial charge in [0.1, 0.15) is 5.75 Å². The van der Waals surface area contributed by atoms with E-state index in [9.17, 15) is 18.0 Å². The molecule has 156 valence electrons. The lowest BCUT2D eigenvalue weighted by atomic mass is 10.0. The summed E-state index contributed by atoms with van der Waals surface area (Å²) in [5, 5.41) is 9.02. The fraction of sp³-hybridized carbons (Fsp3) is 0.650. The predicted octanol–water partition coefficient (Wildman–Crippen LogP) is 2.54. The van der Waals surface area contributed by atoms with Crippen molar-refractivity contribution in [2.24, 2.45) is 17.8 Å². The number of halogens is 3. The molecule has 0 spiro atoms. The van der Waals surface area contributed by atoms with Gasteiger partial charge in [0, 0.05) is 26.2 Å². The van der Waals surface area contributed by atoms with Crippen LogP contribution in [0.25, 0.3) is 0 Å². The maximum atomic E-state index is 12.3. The Morgan fingerprint density at radius 2 is 2.04 bits per heavy atom. The zero-order chi connectivity index (χ0) is 20.3. The number of nitrogens with zero attached hydrogens (tertiary/aromatic N) is 2. The van der Waals surface area contributed by atoms with Crippen LogP contribution in [0.1, 0.15) is 18.9 Å². The van der Waals surface area contributed by atoms with Gasteiger partial charge >= 0.3 is 6.36 Å². The van der Waals surface area contributed by atoms with Crippen molar-refractivity contribution in [2.75, 3.05) is 39.3 Å². The summed E-state index contributed by atoms with van der Waals surface area (Å²) in [7, 11) is 0. The maximum Gasteiger partial charge on any atom is 0.573 e. The van der Waals surface area contributed by atoms with Crippen molar-refractivity contribution in [3.8, 4) is 5.75 Å². The number of piperidine rings is 1. The molecule has 1 aliphatic carbocycles. The van der Waals surface area contributed by atoms with Crippen LogP contribution >= 0.6 is 0 Å². The third-order valence-electron chi connectivity index (χ3n) is 5.81. The quantitative estimate of drug-likeness (QED) is 0.692. The molecule has 0 aromatic heterocycles. The molecule has 1 aromatic carbocycles. The molecule has 0 radical (unpaired) electrons. The molecule has 2 aliphatic rings. The van der Waals surface area contributed by atoms with E-state index in [1.165, 1.54) is 12.1 Å². The molecule has 2 atom stereocenters. The summed E-state index contributed by atoms with van der Waals surface area (Å²) < 4.78 is 41.0. The van der Waals surface area contributed by atoms with E-state index in [0.29, 0.717) is 37.4 Å². The second-order valence-corrected chi connectivity index (χ2v) is 7.62. The molecule has 0 bridgehead atoms. The van der Waals surface area contributed by atoms with E-state index >= 15 is 0 Å². The summed E-state index contributed by atoms with van der Waals surface area (Å²) in [6.45, 7) is 5.03. The SMILES string of the molecule is CCN(CCO)C(=O)CN1CC2C(CCc3cccc(OC(F)(F)F)c3)C2C1. The number of aryl methyl sites for hydroxylation is 1. The Balaban J connectivity index is 1.41. The second kappa shape index (κ2) is 8.69. The van der Waals surface area contributed by atoms with E-state index < -0.39 is 6.36 Å². The van der Waals surface area contributed by atoms with Crippen LogP contribution in [-0.2, 0) is 11.2 Å². The number of aliphatic hydroxyl groups excluding tert-OH is 1. The summed E-state index contributed by atoms with van der Waals surface area (Å²) in [5.41, 5.74) is 0.848. The van der Waals surface area contributed by atoms with Crippen molar-refractivity contribution < 1.29 is 27.8 Å². The molecule has 1 aromatic rings. The van der Waals surface area contributed by atoms with E-state index in [-0.39, 0.29) is 18.3 Å². The van der Waals surface area contributed by atoms with Crippen LogP contribution < -0.4 is 4.74 Å². The Morgan fingerprint density at radius 3 is 2.64 bits per heavy atom. The summed E-state index contributed by atoms with van der Waals surface area (Å²) in [4.78, 5) is 16.1. The lowest BCUT2D eigenvalue weighted by Gasteiger charge is -2.24. The number of benzene rings is 1. The van der Waals surface area contributed by atoms with Crippen LogP contribution in [0.15, 0.2) is 24.3 Å². The number of likely N-dealkylation sites (tertiary alicyclic amines) is 1. The monoisotopic (exact) mass is 400 g/mol. The van der Waals surface area contributed by atoms with Gasteiger partial charge in [-0.2, -0.15) is 0 Å². The number of hydrogen-bond acceptors (Lipinski definition) is 4. The van der Waals surface area contributed by atoms with E-state index in [2.05, 4.69) is 9.64 Å². The number of alkyl halides is 3. The third kappa shape index (κ3) is 5.38. The van der Waals surface area contributed by atoms with Gasteiger partial charge in [0.05, 0.1) is 13.2 Å². The molecule has 5 nitrogen and oxygen atoms in total. The third-order valence-corrected chi connectivity index (χ3v) is 5.81. The van der Waals surface area contributed by atoms with Crippen LogP contribution in [0, 0.1) is 17.8 Å². The Morgan fingerprint density at radius 1 is 1.32 bits per heavy atom. The lowest BCUT2D eigenvalue weighted by molar-refractivity contribution is -0.274. The van der Waals surface area contributed by atoms with E-state index in [4.69, 9.17) is 5.11 Å². The number of carbonyl (C=O) groups excluding carboxylic acids is 1. The zero-order valence-electron chi connectivity index (χ0n) is 16.0. The van der Waals surface area contributed by atoms with Gasteiger partial charge in [-0.1, -0.05) is 12.1 Å². The smallest absolute Gasteiger partial charge is 0.406 e. The molecule has 8 heteroatoms. The first-order valence-corrected chi connectivity index (χ1v) is 9.76. The molecule has 1 saturated carbocycles. The van der Waals surface area contributed by atoms with Crippen molar-refractivity contribution in [1.82, 2.24) is 9.80 Å². The topological polar surface area (TPSA) is 53.0 Å². The van der Waals surface area contributed by atoms with Crippen LogP contribution in [-0.4, -0.2) is 66.5 Å². The molecule has 2 unspecified atom stereocenters. The molecule has 28 heavy (non-hydrogen) atoms. The van der Waals surface area contributed by atoms with Crippen molar-refractivity contribution in [2.45, 2.75) is 26.1 Å². The highest BCUT2D eigenvalue weighted by molar-refractivity contribution is 5.78. The molecule has 1 amide bonds. The molecule has 1 aliphatic heterocycles. The summed E-state index contributed by atoms with van der Waals surface area (Å²) in [5.74, 6) is 1.62. The lowest BCUT2D eigenvalue weighted by Crippen LogP contribution is -2.41. The minimum absolute atomic E-state index is 0.0257. The Kier molecular flexibility index (Phi) is 6.50. The highest BCUT2D eigenvalue weighted by atomic mass is 19.4. The van der Waals surface area contributed by atoms with Crippen LogP contribution in [0.2, 0.25) is 0 Å². The molecule has 1 heterocycles. The van der Waals surface area contributed by atoms with Crippen molar-refractivity contribution in [3.05, 3.63) is 29.8 Å². The van der Waals surface area contributed by atoms with Gasteiger partial charge in [-0.3, -0.25) is 9.69 Å². The Hall–Kier alpha value is -1.80. The van der Waals surface area contributed by atoms with E-state index in [1.807, 2.05) is 13.0 Å². The normalized spacial score (nSPS) is 24.1. The van der Waals surface area contributed by atoms with Gasteiger partial charge < -0.3 is 14.7 Å². The number of amides is 1. The number of carbonyl (C=O) groups is 1. The molecule has 3 rings (SSSR count). The Bertz CT molecular complexity index is 671.